The first kappa shape index (κ1) is 12.0. The molecule has 1 fully saturated rings. The van der Waals surface area contributed by atoms with Crippen molar-refractivity contribution in [2.45, 2.75) is 51.6 Å². The van der Waals surface area contributed by atoms with E-state index < -0.39 is 0 Å². The molecule has 3 heteroatoms. The molecule has 90 valence electrons. The lowest BCUT2D eigenvalue weighted by atomic mass is 9.83. The highest BCUT2D eigenvalue weighted by Gasteiger charge is 2.32. The van der Waals surface area contributed by atoms with E-state index in [0.29, 0.717) is 5.92 Å². The fourth-order valence-corrected chi connectivity index (χ4v) is 3.44. The fourth-order valence-electron chi connectivity index (χ4n) is 2.72. The summed E-state index contributed by atoms with van der Waals surface area (Å²) in [5.74, 6) is 0.513. The second kappa shape index (κ2) is 5.26. The van der Waals surface area contributed by atoms with Gasteiger partial charge < -0.3 is 4.74 Å². The summed E-state index contributed by atoms with van der Waals surface area (Å²) in [4.78, 5) is 13.0. The maximum absolute atomic E-state index is 11.7. The molecule has 0 bridgehead atoms. The van der Waals surface area contributed by atoms with Gasteiger partial charge in [-0.25, -0.2) is 4.79 Å². The van der Waals surface area contributed by atoms with Crippen LogP contribution in [0.1, 0.15) is 45.4 Å². The molecule has 1 unspecified atom stereocenters. The average molecular weight is 240 g/mol. The van der Waals surface area contributed by atoms with Gasteiger partial charge in [0.15, 0.2) is 0 Å². The van der Waals surface area contributed by atoms with Gasteiger partial charge in [-0.2, -0.15) is 0 Å². The zero-order valence-electron chi connectivity index (χ0n) is 10.1. The van der Waals surface area contributed by atoms with Gasteiger partial charge in [0.1, 0.15) is 6.10 Å². The quantitative estimate of drug-likeness (QED) is 0.691. The van der Waals surface area contributed by atoms with Crippen LogP contribution in [0.2, 0.25) is 0 Å². The molecule has 0 amide bonds. The molecule has 0 N–H and O–H groups in total. The van der Waals surface area contributed by atoms with Gasteiger partial charge in [0.2, 0.25) is 0 Å². The first-order valence-corrected chi connectivity index (χ1v) is 7.39. The minimum Gasteiger partial charge on any atom is -0.458 e. The van der Waals surface area contributed by atoms with Gasteiger partial charge in [0, 0.05) is 12.0 Å². The Bertz CT molecular complexity index is 303. The minimum absolute atomic E-state index is 0.0915. The summed E-state index contributed by atoms with van der Waals surface area (Å²) in [6, 6.07) is 0. The molecular weight excluding hydrogens is 220 g/mol. The number of carbonyl (C=O) groups excluding carboxylic acids is 1. The molecular formula is C13H20O2S. The molecule has 0 aromatic heterocycles. The molecule has 16 heavy (non-hydrogen) atoms. The van der Waals surface area contributed by atoms with Crippen molar-refractivity contribution in [3.05, 3.63) is 10.5 Å². The first-order valence-electron chi connectivity index (χ1n) is 6.17. The third-order valence-electron chi connectivity index (χ3n) is 3.79. The summed E-state index contributed by atoms with van der Waals surface area (Å²) in [7, 11) is 0. The van der Waals surface area contributed by atoms with Crippen LogP contribution in [0, 0.1) is 5.92 Å². The Kier molecular flexibility index (Phi) is 3.95. The van der Waals surface area contributed by atoms with Crippen LogP contribution in [-0.4, -0.2) is 18.3 Å². The maximum Gasteiger partial charge on any atom is 0.334 e. The smallest absolute Gasteiger partial charge is 0.334 e. The summed E-state index contributed by atoms with van der Waals surface area (Å²) < 4.78 is 5.56. The Morgan fingerprint density at radius 1 is 1.25 bits per heavy atom. The molecule has 1 heterocycles. The summed E-state index contributed by atoms with van der Waals surface area (Å²) in [5, 5.41) is 0. The Morgan fingerprint density at radius 2 is 1.94 bits per heavy atom. The summed E-state index contributed by atoms with van der Waals surface area (Å²) >= 11 is 1.70. The van der Waals surface area contributed by atoms with Gasteiger partial charge in [0.25, 0.3) is 0 Å². The lowest BCUT2D eigenvalue weighted by molar-refractivity contribution is -0.149. The monoisotopic (exact) mass is 240 g/mol. The van der Waals surface area contributed by atoms with Crippen molar-refractivity contribution in [1.29, 1.82) is 0 Å². The van der Waals surface area contributed by atoms with E-state index in [0.717, 1.165) is 12.0 Å². The van der Waals surface area contributed by atoms with E-state index in [-0.39, 0.29) is 12.1 Å². The number of hydrogen-bond donors (Lipinski definition) is 0. The van der Waals surface area contributed by atoms with Crippen LogP contribution >= 0.6 is 11.8 Å². The van der Waals surface area contributed by atoms with Crippen molar-refractivity contribution >= 4 is 17.7 Å². The van der Waals surface area contributed by atoms with Crippen LogP contribution in [0.4, 0.5) is 0 Å². The number of carbonyl (C=O) groups is 1. The van der Waals surface area contributed by atoms with Crippen molar-refractivity contribution in [2.75, 3.05) is 6.26 Å². The SMILES string of the molecule is CSC1=C(C)C(=O)OC(C2CCCCC2)C1. The predicted octanol–water partition coefficient (Wildman–Crippen LogP) is 3.52. The molecule has 0 aromatic carbocycles. The predicted molar refractivity (Wildman–Crippen MR) is 67.3 cm³/mol. The lowest BCUT2D eigenvalue weighted by Gasteiger charge is -2.33. The third kappa shape index (κ3) is 2.45. The van der Waals surface area contributed by atoms with Crippen LogP contribution in [0.15, 0.2) is 10.5 Å². The third-order valence-corrected chi connectivity index (χ3v) is 4.76. The van der Waals surface area contributed by atoms with Crippen LogP contribution in [0.3, 0.4) is 0 Å². The highest BCUT2D eigenvalue weighted by molar-refractivity contribution is 8.02. The lowest BCUT2D eigenvalue weighted by Crippen LogP contribution is -2.32. The average Bonchev–Trinajstić information content (AvgIpc) is 2.33. The van der Waals surface area contributed by atoms with Crippen LogP contribution < -0.4 is 0 Å². The normalized spacial score (nSPS) is 28.1. The van der Waals surface area contributed by atoms with Gasteiger partial charge >= 0.3 is 5.97 Å². The highest BCUT2D eigenvalue weighted by Crippen LogP contribution is 2.37. The largest absolute Gasteiger partial charge is 0.458 e. The van der Waals surface area contributed by atoms with Crippen molar-refractivity contribution in [2.24, 2.45) is 5.92 Å². The van der Waals surface area contributed by atoms with E-state index in [1.54, 1.807) is 11.8 Å². The van der Waals surface area contributed by atoms with Crippen LogP contribution in [0.5, 0.6) is 0 Å². The van der Waals surface area contributed by atoms with Crippen LogP contribution in [0.25, 0.3) is 0 Å². The number of esters is 1. The van der Waals surface area contributed by atoms with Crippen molar-refractivity contribution in [1.82, 2.24) is 0 Å². The summed E-state index contributed by atoms with van der Waals surface area (Å²) in [6.45, 7) is 1.88. The molecule has 1 saturated carbocycles. The summed E-state index contributed by atoms with van der Waals surface area (Å²) in [5.41, 5.74) is 0.819. The molecule has 1 aliphatic heterocycles. The Hall–Kier alpha value is -0.440. The second-order valence-corrected chi connectivity index (χ2v) is 5.70. The molecule has 0 saturated heterocycles. The van der Waals surface area contributed by atoms with E-state index in [2.05, 4.69) is 6.26 Å². The number of cyclic esters (lactones) is 1. The molecule has 0 aromatic rings. The first-order chi connectivity index (χ1) is 7.72. The highest BCUT2D eigenvalue weighted by atomic mass is 32.2. The van der Waals surface area contributed by atoms with Gasteiger partial charge in [0.05, 0.1) is 0 Å². The van der Waals surface area contributed by atoms with Crippen LogP contribution in [-0.2, 0) is 9.53 Å². The zero-order valence-corrected chi connectivity index (χ0v) is 10.9. The van der Waals surface area contributed by atoms with Crippen molar-refractivity contribution in [3.8, 4) is 0 Å². The van der Waals surface area contributed by atoms with E-state index in [9.17, 15) is 4.79 Å². The standard InChI is InChI=1S/C13H20O2S/c1-9-12(16-2)8-11(15-13(9)14)10-6-4-3-5-7-10/h10-11H,3-8H2,1-2H3. The Morgan fingerprint density at radius 3 is 2.56 bits per heavy atom. The van der Waals surface area contributed by atoms with E-state index >= 15 is 0 Å². The van der Waals surface area contributed by atoms with Gasteiger partial charge in [-0.15, -0.1) is 11.8 Å². The summed E-state index contributed by atoms with van der Waals surface area (Å²) in [6.07, 6.45) is 9.57. The molecule has 2 aliphatic rings. The number of hydrogen-bond acceptors (Lipinski definition) is 3. The number of rotatable bonds is 2. The van der Waals surface area contributed by atoms with Gasteiger partial charge in [-0.1, -0.05) is 19.3 Å². The van der Waals surface area contributed by atoms with Crippen molar-refractivity contribution < 1.29 is 9.53 Å². The topological polar surface area (TPSA) is 26.3 Å². The molecule has 2 nitrogen and oxygen atoms in total. The van der Waals surface area contributed by atoms with Gasteiger partial charge in [-0.3, -0.25) is 0 Å². The fraction of sp³-hybridized carbons (Fsp3) is 0.769. The number of thioether (sulfide) groups is 1. The maximum atomic E-state index is 11.7. The van der Waals surface area contributed by atoms with E-state index in [1.807, 2.05) is 6.92 Å². The minimum atomic E-state index is -0.0915. The van der Waals surface area contributed by atoms with Crippen molar-refractivity contribution in [3.63, 3.8) is 0 Å². The zero-order chi connectivity index (χ0) is 11.5. The van der Waals surface area contributed by atoms with Gasteiger partial charge in [-0.05, 0) is 36.8 Å². The molecule has 2 rings (SSSR count). The Balaban J connectivity index is 2.06. The molecule has 1 aliphatic carbocycles. The molecule has 0 radical (unpaired) electrons. The van der Waals surface area contributed by atoms with E-state index in [4.69, 9.17) is 4.74 Å². The molecule has 1 atom stereocenters. The second-order valence-electron chi connectivity index (χ2n) is 4.80. The Labute approximate surface area is 102 Å². The van der Waals surface area contributed by atoms with E-state index in [1.165, 1.54) is 37.0 Å². The molecule has 0 spiro atoms. The number of ether oxygens (including phenoxy) is 1.